The minimum Gasteiger partial charge on any atom is -0.396 e. The molecular formula is C14H10Cl3FN2O. The molecule has 0 bridgehead atoms. The summed E-state index contributed by atoms with van der Waals surface area (Å²) < 4.78 is 13.0. The van der Waals surface area contributed by atoms with Crippen molar-refractivity contribution in [3.63, 3.8) is 0 Å². The van der Waals surface area contributed by atoms with Crippen LogP contribution in [0.4, 0.5) is 10.1 Å². The molecule has 0 unspecified atom stereocenters. The number of amides is 1. The molecule has 0 aliphatic carbocycles. The Morgan fingerprint density at radius 2 is 1.71 bits per heavy atom. The molecule has 0 radical (unpaired) electrons. The van der Waals surface area contributed by atoms with Crippen LogP contribution in [0.3, 0.4) is 0 Å². The number of nitrogens with two attached hydrogens (primary N) is 1. The van der Waals surface area contributed by atoms with Crippen LogP contribution in [0.1, 0.15) is 15.9 Å². The van der Waals surface area contributed by atoms with Crippen molar-refractivity contribution in [2.45, 2.75) is 6.54 Å². The Balaban J connectivity index is 2.10. The van der Waals surface area contributed by atoms with E-state index in [-0.39, 0.29) is 38.8 Å². The molecule has 3 N–H and O–H groups in total. The molecule has 2 rings (SSSR count). The lowest BCUT2D eigenvalue weighted by molar-refractivity contribution is 0.0951. The molecule has 110 valence electrons. The van der Waals surface area contributed by atoms with Crippen molar-refractivity contribution in [3.8, 4) is 0 Å². The number of carbonyl (C=O) groups excluding carboxylic acids is 1. The van der Waals surface area contributed by atoms with E-state index in [1.807, 2.05) is 0 Å². The van der Waals surface area contributed by atoms with E-state index < -0.39 is 5.82 Å². The molecule has 0 saturated carbocycles. The fraction of sp³-hybridized carbons (Fsp3) is 0.0714. The van der Waals surface area contributed by atoms with Crippen LogP contribution in [0, 0.1) is 5.82 Å². The van der Waals surface area contributed by atoms with Gasteiger partial charge in [-0.2, -0.15) is 0 Å². The molecule has 0 atom stereocenters. The Labute approximate surface area is 135 Å². The van der Waals surface area contributed by atoms with Gasteiger partial charge >= 0.3 is 0 Å². The van der Waals surface area contributed by atoms with E-state index in [2.05, 4.69) is 5.32 Å². The maximum atomic E-state index is 13.0. The van der Waals surface area contributed by atoms with E-state index in [0.717, 1.165) is 0 Å². The first-order valence-electron chi connectivity index (χ1n) is 5.85. The van der Waals surface area contributed by atoms with Gasteiger partial charge in [0, 0.05) is 12.1 Å². The number of hydrogen-bond donors (Lipinski definition) is 2. The number of halogens is 4. The molecule has 0 heterocycles. The van der Waals surface area contributed by atoms with Crippen LogP contribution in [0.2, 0.25) is 15.1 Å². The topological polar surface area (TPSA) is 55.1 Å². The molecule has 3 nitrogen and oxygen atoms in total. The predicted molar refractivity (Wildman–Crippen MR) is 83.5 cm³/mol. The molecular weight excluding hydrogens is 338 g/mol. The SMILES string of the molecule is Nc1c(Cl)cc(C(=O)NCc2ccc(F)c(Cl)c2)cc1Cl. The van der Waals surface area contributed by atoms with E-state index in [1.165, 1.54) is 30.3 Å². The quantitative estimate of drug-likeness (QED) is 0.813. The molecule has 0 aliphatic heterocycles. The smallest absolute Gasteiger partial charge is 0.251 e. The Bertz CT molecular complexity index is 684. The fourth-order valence-electron chi connectivity index (χ4n) is 1.65. The summed E-state index contributed by atoms with van der Waals surface area (Å²) in [6.45, 7) is 0.193. The predicted octanol–water partition coefficient (Wildman–Crippen LogP) is 4.30. The first-order valence-corrected chi connectivity index (χ1v) is 6.98. The van der Waals surface area contributed by atoms with E-state index in [4.69, 9.17) is 40.5 Å². The number of nitrogens with one attached hydrogen (secondary N) is 1. The second-order valence-electron chi connectivity index (χ2n) is 4.28. The minimum absolute atomic E-state index is 0.000299. The van der Waals surface area contributed by atoms with Gasteiger partial charge in [0.2, 0.25) is 0 Å². The molecule has 7 heteroatoms. The van der Waals surface area contributed by atoms with Gasteiger partial charge in [-0.3, -0.25) is 4.79 Å². The highest BCUT2D eigenvalue weighted by molar-refractivity contribution is 6.39. The lowest BCUT2D eigenvalue weighted by atomic mass is 10.1. The summed E-state index contributed by atoms with van der Waals surface area (Å²) in [6.07, 6.45) is 0. The van der Waals surface area contributed by atoms with Crippen molar-refractivity contribution in [1.82, 2.24) is 5.32 Å². The first-order chi connectivity index (χ1) is 9.88. The highest BCUT2D eigenvalue weighted by atomic mass is 35.5. The highest BCUT2D eigenvalue weighted by Gasteiger charge is 2.11. The molecule has 1 amide bonds. The van der Waals surface area contributed by atoms with Gasteiger partial charge in [-0.25, -0.2) is 4.39 Å². The van der Waals surface area contributed by atoms with E-state index >= 15 is 0 Å². The number of nitrogen functional groups attached to an aromatic ring is 1. The van der Waals surface area contributed by atoms with Crippen LogP contribution in [0.25, 0.3) is 0 Å². The summed E-state index contributed by atoms with van der Waals surface area (Å²) in [4.78, 5) is 12.0. The molecule has 0 spiro atoms. The second kappa shape index (κ2) is 6.52. The Hall–Kier alpha value is -1.49. The van der Waals surface area contributed by atoms with Crippen LogP contribution in [-0.4, -0.2) is 5.91 Å². The highest BCUT2D eigenvalue weighted by Crippen LogP contribution is 2.28. The molecule has 21 heavy (non-hydrogen) atoms. The van der Waals surface area contributed by atoms with Crippen LogP contribution in [-0.2, 0) is 6.54 Å². The van der Waals surface area contributed by atoms with Gasteiger partial charge in [0.25, 0.3) is 5.91 Å². The summed E-state index contributed by atoms with van der Waals surface area (Å²) in [6, 6.07) is 7.07. The van der Waals surface area contributed by atoms with Crippen molar-refractivity contribution in [2.75, 3.05) is 5.73 Å². The number of benzene rings is 2. The molecule has 0 saturated heterocycles. The summed E-state index contributed by atoms with van der Waals surface area (Å²) >= 11 is 17.4. The second-order valence-corrected chi connectivity index (χ2v) is 5.51. The summed E-state index contributed by atoms with van der Waals surface area (Å²) in [5.41, 5.74) is 6.78. The Kier molecular flexibility index (Phi) is 4.93. The van der Waals surface area contributed by atoms with Crippen molar-refractivity contribution in [3.05, 3.63) is 62.3 Å². The average Bonchev–Trinajstić information content (AvgIpc) is 2.45. The van der Waals surface area contributed by atoms with Gasteiger partial charge in [-0.1, -0.05) is 40.9 Å². The van der Waals surface area contributed by atoms with Crippen molar-refractivity contribution in [2.24, 2.45) is 0 Å². The lowest BCUT2D eigenvalue weighted by Gasteiger charge is -2.08. The third-order valence-corrected chi connectivity index (χ3v) is 3.69. The van der Waals surface area contributed by atoms with Gasteiger partial charge in [0.05, 0.1) is 20.8 Å². The molecule has 2 aromatic carbocycles. The standard InChI is InChI=1S/C14H10Cl3FN2O/c15-9-3-7(1-2-12(9)18)6-20-14(21)8-4-10(16)13(19)11(17)5-8/h1-5H,6,19H2,(H,20,21). The van der Waals surface area contributed by atoms with Crippen LogP contribution < -0.4 is 11.1 Å². The van der Waals surface area contributed by atoms with Gasteiger partial charge in [-0.05, 0) is 29.8 Å². The first kappa shape index (κ1) is 15.9. The van der Waals surface area contributed by atoms with Crippen molar-refractivity contribution in [1.29, 1.82) is 0 Å². The van der Waals surface area contributed by atoms with Crippen molar-refractivity contribution >= 4 is 46.4 Å². The third kappa shape index (κ3) is 3.79. The number of rotatable bonds is 3. The van der Waals surface area contributed by atoms with Crippen LogP contribution in [0.5, 0.6) is 0 Å². The molecule has 0 aliphatic rings. The van der Waals surface area contributed by atoms with Gasteiger partial charge in [-0.15, -0.1) is 0 Å². The zero-order chi connectivity index (χ0) is 15.6. The molecule has 0 fully saturated rings. The summed E-state index contributed by atoms with van der Waals surface area (Å²) in [5, 5.41) is 3.07. The maximum Gasteiger partial charge on any atom is 0.251 e. The maximum absolute atomic E-state index is 13.0. The van der Waals surface area contributed by atoms with E-state index in [1.54, 1.807) is 0 Å². The van der Waals surface area contributed by atoms with Crippen molar-refractivity contribution < 1.29 is 9.18 Å². The zero-order valence-corrected chi connectivity index (χ0v) is 12.9. The minimum atomic E-state index is -0.510. The lowest BCUT2D eigenvalue weighted by Crippen LogP contribution is -2.22. The third-order valence-electron chi connectivity index (χ3n) is 2.78. The number of hydrogen-bond acceptors (Lipinski definition) is 2. The molecule has 0 aromatic heterocycles. The van der Waals surface area contributed by atoms with Gasteiger partial charge in [0.15, 0.2) is 0 Å². The zero-order valence-electron chi connectivity index (χ0n) is 10.6. The largest absolute Gasteiger partial charge is 0.396 e. The van der Waals surface area contributed by atoms with Gasteiger partial charge in [0.1, 0.15) is 5.82 Å². The Morgan fingerprint density at radius 3 is 2.29 bits per heavy atom. The number of carbonyl (C=O) groups is 1. The van der Waals surface area contributed by atoms with Crippen LogP contribution >= 0.6 is 34.8 Å². The normalized spacial score (nSPS) is 10.5. The van der Waals surface area contributed by atoms with E-state index in [9.17, 15) is 9.18 Å². The monoisotopic (exact) mass is 346 g/mol. The van der Waals surface area contributed by atoms with Gasteiger partial charge < -0.3 is 11.1 Å². The Morgan fingerprint density at radius 1 is 1.10 bits per heavy atom. The summed E-state index contributed by atoms with van der Waals surface area (Å²) in [5.74, 6) is -0.886. The van der Waals surface area contributed by atoms with Crippen LogP contribution in [0.15, 0.2) is 30.3 Å². The fourth-order valence-corrected chi connectivity index (χ4v) is 2.34. The number of anilines is 1. The summed E-state index contributed by atoms with van der Waals surface area (Å²) in [7, 11) is 0. The average molecular weight is 348 g/mol. The van der Waals surface area contributed by atoms with E-state index in [0.29, 0.717) is 5.56 Å². The molecule has 2 aromatic rings.